The van der Waals surface area contributed by atoms with Gasteiger partial charge >= 0.3 is 0 Å². The van der Waals surface area contributed by atoms with E-state index in [0.29, 0.717) is 0 Å². The van der Waals surface area contributed by atoms with Crippen LogP contribution in [-0.4, -0.2) is 17.6 Å². The van der Waals surface area contributed by atoms with Gasteiger partial charge in [-0.1, -0.05) is 0 Å². The van der Waals surface area contributed by atoms with Gasteiger partial charge in [0.15, 0.2) is 0 Å². The first-order valence-corrected chi connectivity index (χ1v) is 7.59. The van der Waals surface area contributed by atoms with Crippen molar-refractivity contribution in [3.8, 4) is 0 Å². The topological polar surface area (TPSA) is 42.1 Å². The number of thiazole rings is 1. The van der Waals surface area contributed by atoms with Crippen molar-refractivity contribution in [1.82, 2.24) is 4.98 Å². The molecular weight excluding hydrogens is 242 g/mol. The third kappa shape index (κ3) is 1.75. The van der Waals surface area contributed by atoms with Gasteiger partial charge in [0.2, 0.25) is 0 Å². The molecule has 2 fully saturated rings. The minimum absolute atomic E-state index is 0.726. The number of hydrogen-bond acceptors (Lipinski definition) is 4. The highest BCUT2D eigenvalue weighted by Gasteiger charge is 2.34. The number of hydrogen-bond donors (Lipinski definition) is 1. The van der Waals surface area contributed by atoms with Crippen LogP contribution >= 0.6 is 11.3 Å². The van der Waals surface area contributed by atoms with Crippen molar-refractivity contribution in [2.75, 3.05) is 17.2 Å². The minimum Gasteiger partial charge on any atom is -0.395 e. The average molecular weight is 259 g/mol. The molecule has 0 unspecified atom stereocenters. The van der Waals surface area contributed by atoms with E-state index in [1.165, 1.54) is 42.6 Å². The van der Waals surface area contributed by atoms with Crippen molar-refractivity contribution in [3.05, 3.63) is 17.6 Å². The van der Waals surface area contributed by atoms with E-state index in [1.807, 2.05) is 5.51 Å². The molecule has 3 nitrogen and oxygen atoms in total. The second kappa shape index (κ2) is 3.85. The Balaban J connectivity index is 1.75. The largest absolute Gasteiger partial charge is 0.395 e. The SMILES string of the molecule is Nc1c(N(CC2CC2)C2CC2)ccc2scnc12. The molecular formula is C14H17N3S. The molecule has 0 spiro atoms. The van der Waals surface area contributed by atoms with E-state index < -0.39 is 0 Å². The fourth-order valence-electron chi connectivity index (χ4n) is 2.60. The monoisotopic (exact) mass is 259 g/mol. The zero-order chi connectivity index (χ0) is 12.1. The van der Waals surface area contributed by atoms with Gasteiger partial charge in [-0.05, 0) is 43.7 Å². The molecule has 4 heteroatoms. The Kier molecular flexibility index (Phi) is 2.27. The summed E-state index contributed by atoms with van der Waals surface area (Å²) in [7, 11) is 0. The fourth-order valence-corrected chi connectivity index (χ4v) is 3.29. The molecule has 18 heavy (non-hydrogen) atoms. The van der Waals surface area contributed by atoms with Crippen LogP contribution in [-0.2, 0) is 0 Å². The van der Waals surface area contributed by atoms with E-state index in [4.69, 9.17) is 5.73 Å². The van der Waals surface area contributed by atoms with Crippen LogP contribution in [0, 0.1) is 5.92 Å². The number of fused-ring (bicyclic) bond motifs is 1. The molecule has 1 aromatic carbocycles. The maximum absolute atomic E-state index is 6.33. The van der Waals surface area contributed by atoms with Crippen molar-refractivity contribution < 1.29 is 0 Å². The standard InChI is InChI=1S/C14H17N3S/c15-13-11(5-6-12-14(13)16-8-18-12)17(10-3-4-10)7-9-1-2-9/h5-6,8-10H,1-4,7,15H2. The van der Waals surface area contributed by atoms with Gasteiger partial charge in [0.1, 0.15) is 5.52 Å². The molecule has 94 valence electrons. The van der Waals surface area contributed by atoms with Gasteiger partial charge in [-0.3, -0.25) is 0 Å². The first-order valence-electron chi connectivity index (χ1n) is 6.71. The summed E-state index contributed by atoms with van der Waals surface area (Å²) in [5, 5.41) is 0. The first-order chi connectivity index (χ1) is 8.83. The Labute approximate surface area is 111 Å². The lowest BCUT2D eigenvalue weighted by molar-refractivity contribution is 0.720. The van der Waals surface area contributed by atoms with E-state index in [-0.39, 0.29) is 0 Å². The summed E-state index contributed by atoms with van der Waals surface area (Å²) in [4.78, 5) is 6.94. The van der Waals surface area contributed by atoms with Crippen molar-refractivity contribution in [2.24, 2.45) is 5.92 Å². The number of anilines is 2. The van der Waals surface area contributed by atoms with E-state index in [9.17, 15) is 0 Å². The van der Waals surface area contributed by atoms with E-state index in [2.05, 4.69) is 22.0 Å². The molecule has 2 N–H and O–H groups in total. The van der Waals surface area contributed by atoms with Crippen LogP contribution in [0.5, 0.6) is 0 Å². The quantitative estimate of drug-likeness (QED) is 0.857. The number of benzene rings is 1. The van der Waals surface area contributed by atoms with Crippen molar-refractivity contribution >= 4 is 32.9 Å². The molecule has 0 atom stereocenters. The van der Waals surface area contributed by atoms with Gasteiger partial charge in [0.25, 0.3) is 0 Å². The highest BCUT2D eigenvalue weighted by atomic mass is 32.1. The number of nitrogens with two attached hydrogens (primary N) is 1. The van der Waals surface area contributed by atoms with Crippen LogP contribution in [0.1, 0.15) is 25.7 Å². The Hall–Kier alpha value is -1.29. The minimum atomic E-state index is 0.726. The van der Waals surface area contributed by atoms with Crippen molar-refractivity contribution in [3.63, 3.8) is 0 Å². The van der Waals surface area contributed by atoms with Crippen LogP contribution in [0.2, 0.25) is 0 Å². The molecule has 1 aromatic heterocycles. The van der Waals surface area contributed by atoms with Crippen LogP contribution in [0.3, 0.4) is 0 Å². The normalized spacial score (nSPS) is 19.3. The summed E-state index contributed by atoms with van der Waals surface area (Å²) in [6.07, 6.45) is 5.42. The number of nitrogens with zero attached hydrogens (tertiary/aromatic N) is 2. The molecule has 0 saturated heterocycles. The van der Waals surface area contributed by atoms with E-state index in [1.54, 1.807) is 11.3 Å². The van der Waals surface area contributed by atoms with Gasteiger partial charge < -0.3 is 10.6 Å². The summed E-state index contributed by atoms with van der Waals surface area (Å²) >= 11 is 1.66. The molecule has 0 amide bonds. The molecule has 0 radical (unpaired) electrons. The Morgan fingerprint density at radius 2 is 2.11 bits per heavy atom. The first kappa shape index (κ1) is 10.6. The van der Waals surface area contributed by atoms with Crippen LogP contribution in [0.15, 0.2) is 17.6 Å². The van der Waals surface area contributed by atoms with Gasteiger partial charge in [-0.2, -0.15) is 0 Å². The lowest BCUT2D eigenvalue weighted by Crippen LogP contribution is -2.28. The lowest BCUT2D eigenvalue weighted by Gasteiger charge is -2.26. The molecule has 2 aliphatic rings. The van der Waals surface area contributed by atoms with E-state index >= 15 is 0 Å². The maximum Gasteiger partial charge on any atom is 0.106 e. The summed E-state index contributed by atoms with van der Waals surface area (Å²) in [6.45, 7) is 1.19. The van der Waals surface area contributed by atoms with Crippen molar-refractivity contribution in [1.29, 1.82) is 0 Å². The highest BCUT2D eigenvalue weighted by Crippen LogP contribution is 2.41. The summed E-state index contributed by atoms with van der Waals surface area (Å²) in [5.74, 6) is 0.899. The number of rotatable bonds is 4. The van der Waals surface area contributed by atoms with Crippen LogP contribution in [0.25, 0.3) is 10.2 Å². The van der Waals surface area contributed by atoms with Gasteiger partial charge in [-0.15, -0.1) is 11.3 Å². The molecule has 0 bridgehead atoms. The number of nitrogen functional groups attached to an aromatic ring is 1. The maximum atomic E-state index is 6.33. The van der Waals surface area contributed by atoms with Crippen molar-refractivity contribution in [2.45, 2.75) is 31.7 Å². The van der Waals surface area contributed by atoms with E-state index in [0.717, 1.165) is 23.2 Å². The Bertz CT molecular complexity index is 584. The molecule has 0 aliphatic heterocycles. The third-order valence-electron chi connectivity index (χ3n) is 3.97. The van der Waals surface area contributed by atoms with Crippen LogP contribution < -0.4 is 10.6 Å². The van der Waals surface area contributed by atoms with Crippen LogP contribution in [0.4, 0.5) is 11.4 Å². The Morgan fingerprint density at radius 1 is 1.28 bits per heavy atom. The zero-order valence-corrected chi connectivity index (χ0v) is 11.1. The molecule has 1 heterocycles. The third-order valence-corrected chi connectivity index (χ3v) is 4.76. The lowest BCUT2D eigenvalue weighted by atomic mass is 10.2. The van der Waals surface area contributed by atoms with Gasteiger partial charge in [0, 0.05) is 12.6 Å². The average Bonchev–Trinajstić information content (AvgIpc) is 3.27. The molecule has 2 aliphatic carbocycles. The molecule has 4 rings (SSSR count). The van der Waals surface area contributed by atoms with Gasteiger partial charge in [0.05, 0.1) is 21.6 Å². The molecule has 2 aromatic rings. The second-order valence-electron chi connectivity index (χ2n) is 5.52. The Morgan fingerprint density at radius 3 is 2.83 bits per heavy atom. The predicted molar refractivity (Wildman–Crippen MR) is 77.1 cm³/mol. The molecule has 2 saturated carbocycles. The van der Waals surface area contributed by atoms with Gasteiger partial charge in [-0.25, -0.2) is 4.98 Å². The second-order valence-corrected chi connectivity index (χ2v) is 6.41. The summed E-state index contributed by atoms with van der Waals surface area (Å²) in [5.41, 5.74) is 11.3. The zero-order valence-electron chi connectivity index (χ0n) is 10.3. The number of aromatic nitrogens is 1. The summed E-state index contributed by atoms with van der Waals surface area (Å²) < 4.78 is 1.19. The summed E-state index contributed by atoms with van der Waals surface area (Å²) in [6, 6.07) is 5.08. The predicted octanol–water partition coefficient (Wildman–Crippen LogP) is 3.26. The highest BCUT2D eigenvalue weighted by molar-refractivity contribution is 7.16. The smallest absolute Gasteiger partial charge is 0.106 e. The fraction of sp³-hybridized carbons (Fsp3) is 0.500.